The minimum Gasteiger partial charge on any atom is -0.298 e. The van der Waals surface area contributed by atoms with Crippen molar-refractivity contribution in [3.05, 3.63) is 34.9 Å². The lowest BCUT2D eigenvalue weighted by atomic mass is 9.83. The molecular weight excluding hydrogens is 170 g/mol. The van der Waals surface area contributed by atoms with Gasteiger partial charge < -0.3 is 0 Å². The van der Waals surface area contributed by atoms with Crippen molar-refractivity contribution in [3.63, 3.8) is 0 Å². The molecule has 1 aliphatic rings. The minimum absolute atomic E-state index is 0.274. The third-order valence-corrected chi connectivity index (χ3v) is 2.95. The van der Waals surface area contributed by atoms with Crippen LogP contribution in [0.5, 0.6) is 0 Å². The smallest absolute Gasteiger partial charge is 0.0240 e. The summed E-state index contributed by atoms with van der Waals surface area (Å²) in [7, 11) is 2.19. The molecule has 0 saturated heterocycles. The van der Waals surface area contributed by atoms with Gasteiger partial charge in [0.2, 0.25) is 0 Å². The fourth-order valence-corrected chi connectivity index (χ4v) is 2.29. The summed E-state index contributed by atoms with van der Waals surface area (Å²) in [6.07, 6.45) is 0. The quantitative estimate of drug-likeness (QED) is 0.606. The van der Waals surface area contributed by atoms with Crippen molar-refractivity contribution in [3.8, 4) is 0 Å². The Labute approximate surface area is 86.7 Å². The van der Waals surface area contributed by atoms with E-state index in [2.05, 4.69) is 50.9 Å². The first-order chi connectivity index (χ1) is 6.48. The average Bonchev–Trinajstić information content (AvgIpc) is 2.41. The highest BCUT2D eigenvalue weighted by molar-refractivity contribution is 5.41. The molecule has 0 atom stereocenters. The molecule has 14 heavy (non-hydrogen) atoms. The monoisotopic (exact) mass is 189 g/mol. The highest BCUT2D eigenvalue weighted by Crippen LogP contribution is 2.32. The van der Waals surface area contributed by atoms with Crippen LogP contribution >= 0.6 is 0 Å². The molecule has 0 unspecified atom stereocenters. The molecule has 1 heterocycles. The van der Waals surface area contributed by atoms with E-state index in [4.69, 9.17) is 0 Å². The Bertz CT molecular complexity index is 347. The molecule has 0 N–H and O–H groups in total. The van der Waals surface area contributed by atoms with E-state index in [0.717, 1.165) is 13.1 Å². The molecule has 0 aromatic heterocycles. The first-order valence-corrected chi connectivity index (χ1v) is 5.28. The van der Waals surface area contributed by atoms with Crippen LogP contribution in [0.2, 0.25) is 0 Å². The Hall–Kier alpha value is -0.820. The summed E-state index contributed by atoms with van der Waals surface area (Å²) in [4.78, 5) is 2.37. The lowest BCUT2D eigenvalue weighted by molar-refractivity contribution is 0.351. The summed E-state index contributed by atoms with van der Waals surface area (Å²) >= 11 is 0. The Balaban J connectivity index is 2.50. The number of hydrogen-bond acceptors (Lipinski definition) is 1. The van der Waals surface area contributed by atoms with Gasteiger partial charge in [-0.25, -0.2) is 0 Å². The summed E-state index contributed by atoms with van der Waals surface area (Å²) in [5, 5.41) is 0. The lowest BCUT2D eigenvalue weighted by Crippen LogP contribution is -2.15. The number of nitrogens with zero attached hydrogens (tertiary/aromatic N) is 1. The molecule has 0 saturated carbocycles. The van der Waals surface area contributed by atoms with Crippen LogP contribution in [0.3, 0.4) is 0 Å². The van der Waals surface area contributed by atoms with Gasteiger partial charge in [0.05, 0.1) is 0 Å². The fraction of sp³-hybridized carbons (Fsp3) is 0.538. The Kier molecular flexibility index (Phi) is 2.15. The number of benzene rings is 1. The van der Waals surface area contributed by atoms with Crippen molar-refractivity contribution in [2.75, 3.05) is 7.05 Å². The van der Waals surface area contributed by atoms with Gasteiger partial charge in [-0.2, -0.15) is 0 Å². The van der Waals surface area contributed by atoms with Gasteiger partial charge in [-0.3, -0.25) is 4.90 Å². The van der Waals surface area contributed by atoms with Crippen LogP contribution in [-0.4, -0.2) is 11.9 Å². The van der Waals surface area contributed by atoms with Gasteiger partial charge in [0.1, 0.15) is 0 Å². The van der Waals surface area contributed by atoms with E-state index >= 15 is 0 Å². The topological polar surface area (TPSA) is 3.24 Å². The summed E-state index contributed by atoms with van der Waals surface area (Å²) in [6.45, 7) is 9.10. The zero-order chi connectivity index (χ0) is 10.3. The number of hydrogen-bond donors (Lipinski definition) is 0. The summed E-state index contributed by atoms with van der Waals surface area (Å²) < 4.78 is 0. The fourth-order valence-electron chi connectivity index (χ4n) is 2.29. The van der Waals surface area contributed by atoms with Gasteiger partial charge in [0, 0.05) is 13.1 Å². The first kappa shape index (κ1) is 9.72. The zero-order valence-corrected chi connectivity index (χ0v) is 9.59. The maximum atomic E-state index is 2.37. The second-order valence-corrected chi connectivity index (χ2v) is 5.37. The molecule has 0 fully saturated rings. The molecule has 1 aromatic rings. The molecule has 2 rings (SSSR count). The molecule has 0 radical (unpaired) electrons. The Morgan fingerprint density at radius 3 is 2.50 bits per heavy atom. The minimum atomic E-state index is 0.274. The van der Waals surface area contributed by atoms with E-state index in [1.54, 1.807) is 5.56 Å². The Morgan fingerprint density at radius 1 is 1.14 bits per heavy atom. The second-order valence-electron chi connectivity index (χ2n) is 5.37. The van der Waals surface area contributed by atoms with Crippen molar-refractivity contribution in [2.24, 2.45) is 0 Å². The van der Waals surface area contributed by atoms with E-state index in [9.17, 15) is 0 Å². The predicted molar refractivity (Wildman–Crippen MR) is 60.3 cm³/mol. The highest BCUT2D eigenvalue weighted by Gasteiger charge is 2.24. The maximum absolute atomic E-state index is 2.37. The van der Waals surface area contributed by atoms with Crippen molar-refractivity contribution in [1.82, 2.24) is 4.90 Å². The largest absolute Gasteiger partial charge is 0.298 e. The standard InChI is InChI=1S/C13H19N/c1-13(2,3)12-7-5-6-10-8-14(4)9-11(10)12/h5-7H,8-9H2,1-4H3. The van der Waals surface area contributed by atoms with Crippen molar-refractivity contribution >= 4 is 0 Å². The van der Waals surface area contributed by atoms with Gasteiger partial charge in [0.15, 0.2) is 0 Å². The number of fused-ring (bicyclic) bond motifs is 1. The molecule has 0 aliphatic carbocycles. The van der Waals surface area contributed by atoms with E-state index < -0.39 is 0 Å². The van der Waals surface area contributed by atoms with Gasteiger partial charge in [-0.05, 0) is 29.2 Å². The number of rotatable bonds is 0. The highest BCUT2D eigenvalue weighted by atomic mass is 15.1. The molecule has 0 spiro atoms. The molecule has 1 aromatic carbocycles. The van der Waals surface area contributed by atoms with Gasteiger partial charge in [-0.1, -0.05) is 39.0 Å². The summed E-state index contributed by atoms with van der Waals surface area (Å²) in [6, 6.07) is 6.73. The van der Waals surface area contributed by atoms with Crippen LogP contribution in [-0.2, 0) is 18.5 Å². The van der Waals surface area contributed by atoms with Crippen LogP contribution in [0.15, 0.2) is 18.2 Å². The predicted octanol–water partition coefficient (Wildman–Crippen LogP) is 2.93. The van der Waals surface area contributed by atoms with E-state index in [1.807, 2.05) is 0 Å². The summed E-state index contributed by atoms with van der Waals surface area (Å²) in [5.41, 5.74) is 4.86. The maximum Gasteiger partial charge on any atom is 0.0240 e. The molecule has 0 amide bonds. The SMILES string of the molecule is CN1Cc2cccc(C(C)(C)C)c2C1. The van der Waals surface area contributed by atoms with Crippen LogP contribution in [0.1, 0.15) is 37.5 Å². The van der Waals surface area contributed by atoms with E-state index in [0.29, 0.717) is 0 Å². The molecule has 1 heteroatoms. The summed E-state index contributed by atoms with van der Waals surface area (Å²) in [5.74, 6) is 0. The van der Waals surface area contributed by atoms with Gasteiger partial charge in [0.25, 0.3) is 0 Å². The molecule has 76 valence electrons. The van der Waals surface area contributed by atoms with Gasteiger partial charge in [-0.15, -0.1) is 0 Å². The Morgan fingerprint density at radius 2 is 1.86 bits per heavy atom. The third-order valence-electron chi connectivity index (χ3n) is 2.95. The first-order valence-electron chi connectivity index (χ1n) is 5.28. The third kappa shape index (κ3) is 1.57. The molecular formula is C13H19N. The lowest BCUT2D eigenvalue weighted by Gasteiger charge is -2.22. The normalized spacial score (nSPS) is 17.1. The van der Waals surface area contributed by atoms with Crippen LogP contribution < -0.4 is 0 Å². The van der Waals surface area contributed by atoms with Crippen molar-refractivity contribution in [2.45, 2.75) is 39.3 Å². The zero-order valence-electron chi connectivity index (χ0n) is 9.59. The van der Waals surface area contributed by atoms with Crippen LogP contribution in [0.25, 0.3) is 0 Å². The van der Waals surface area contributed by atoms with Gasteiger partial charge >= 0.3 is 0 Å². The molecule has 1 aliphatic heterocycles. The van der Waals surface area contributed by atoms with Crippen LogP contribution in [0.4, 0.5) is 0 Å². The van der Waals surface area contributed by atoms with Crippen LogP contribution in [0, 0.1) is 0 Å². The average molecular weight is 189 g/mol. The molecule has 0 bridgehead atoms. The van der Waals surface area contributed by atoms with E-state index in [-0.39, 0.29) is 5.41 Å². The van der Waals surface area contributed by atoms with E-state index in [1.165, 1.54) is 11.1 Å². The van der Waals surface area contributed by atoms with Crippen molar-refractivity contribution < 1.29 is 0 Å². The second kappa shape index (κ2) is 3.09. The molecule has 1 nitrogen and oxygen atoms in total. The van der Waals surface area contributed by atoms with Crippen molar-refractivity contribution in [1.29, 1.82) is 0 Å².